The van der Waals surface area contributed by atoms with Crippen LogP contribution in [0, 0.1) is 5.41 Å². The molecule has 1 atom stereocenters. The molecule has 1 aromatic carbocycles. The largest absolute Gasteiger partial charge is 0.508 e. The lowest BCUT2D eigenvalue weighted by molar-refractivity contribution is -0.150. The lowest BCUT2D eigenvalue weighted by Gasteiger charge is -2.27. The Morgan fingerprint density at radius 1 is 1.17 bits per heavy atom. The molecular weight excluding hydrogens is 415 g/mol. The number of aromatic hydroxyl groups is 1. The van der Waals surface area contributed by atoms with Gasteiger partial charge in [-0.25, -0.2) is 9.78 Å². The molecule has 2 N–H and O–H groups in total. The van der Waals surface area contributed by atoms with Crippen molar-refractivity contribution in [1.29, 1.82) is 0 Å². The van der Waals surface area contributed by atoms with Gasteiger partial charge in [0, 0.05) is 11.5 Å². The van der Waals surface area contributed by atoms with E-state index in [0.29, 0.717) is 10.8 Å². The Kier molecular flexibility index (Phi) is 8.14. The Morgan fingerprint density at radius 2 is 1.79 bits per heavy atom. The molecular formula is C19H21ClF3NO5. The number of carboxylic acid groups (broad SMARTS) is 1. The normalized spacial score (nSPS) is 12.4. The summed E-state index contributed by atoms with van der Waals surface area (Å²) in [4.78, 5) is 14.3. The molecule has 2 aromatic rings. The van der Waals surface area contributed by atoms with E-state index >= 15 is 0 Å². The number of halogens is 4. The van der Waals surface area contributed by atoms with E-state index in [9.17, 15) is 18.0 Å². The first kappa shape index (κ1) is 24.4. The first-order chi connectivity index (χ1) is 13.3. The standard InChI is InChI=1S/C12H14F3NO3.C7H7ClO2/c1-11(2,3)9(10(17)18)19-7-4-5-8(16-6-7)12(13,14)15;1-10-7-4-5(9)2-3-6(7)8/h4-6,9H,1-3H3,(H,17,18);2-4,9H,1H3. The zero-order valence-electron chi connectivity index (χ0n) is 16.1. The van der Waals surface area contributed by atoms with E-state index < -0.39 is 29.4 Å². The first-order valence-electron chi connectivity index (χ1n) is 8.21. The van der Waals surface area contributed by atoms with Gasteiger partial charge in [0.05, 0.1) is 18.3 Å². The van der Waals surface area contributed by atoms with Gasteiger partial charge in [-0.2, -0.15) is 13.2 Å². The summed E-state index contributed by atoms with van der Waals surface area (Å²) in [6.07, 6.45) is -4.84. The molecule has 1 heterocycles. The number of aromatic nitrogens is 1. The number of alkyl halides is 3. The Bertz CT molecular complexity index is 820. The Hall–Kier alpha value is -2.68. The molecule has 1 aromatic heterocycles. The quantitative estimate of drug-likeness (QED) is 0.700. The van der Waals surface area contributed by atoms with Crippen molar-refractivity contribution in [3.63, 3.8) is 0 Å². The number of hydrogen-bond acceptors (Lipinski definition) is 5. The van der Waals surface area contributed by atoms with Crippen LogP contribution in [0.5, 0.6) is 17.2 Å². The van der Waals surface area contributed by atoms with Gasteiger partial charge in [-0.3, -0.25) is 0 Å². The van der Waals surface area contributed by atoms with E-state index in [-0.39, 0.29) is 11.5 Å². The van der Waals surface area contributed by atoms with Crippen molar-refractivity contribution in [3.8, 4) is 17.2 Å². The molecule has 2 rings (SSSR count). The summed E-state index contributed by atoms with van der Waals surface area (Å²) in [5.41, 5.74) is -1.75. The van der Waals surface area contributed by atoms with Gasteiger partial charge in [0.1, 0.15) is 22.9 Å². The number of benzene rings is 1. The number of phenolic OH excluding ortho intramolecular Hbond substituents is 1. The number of carbonyl (C=O) groups is 1. The van der Waals surface area contributed by atoms with Gasteiger partial charge in [-0.1, -0.05) is 32.4 Å². The van der Waals surface area contributed by atoms with Gasteiger partial charge in [0.15, 0.2) is 6.10 Å². The molecule has 1 unspecified atom stereocenters. The maximum Gasteiger partial charge on any atom is 0.433 e. The van der Waals surface area contributed by atoms with E-state index in [1.54, 1.807) is 26.8 Å². The van der Waals surface area contributed by atoms with E-state index in [1.807, 2.05) is 0 Å². The molecule has 29 heavy (non-hydrogen) atoms. The second kappa shape index (κ2) is 9.69. The maximum absolute atomic E-state index is 12.3. The molecule has 160 valence electrons. The van der Waals surface area contributed by atoms with Crippen molar-refractivity contribution < 1.29 is 37.7 Å². The highest BCUT2D eigenvalue weighted by Crippen LogP contribution is 2.30. The highest BCUT2D eigenvalue weighted by Gasteiger charge is 2.35. The molecule has 6 nitrogen and oxygen atoms in total. The number of methoxy groups -OCH3 is 1. The van der Waals surface area contributed by atoms with Crippen LogP contribution < -0.4 is 9.47 Å². The fraction of sp³-hybridized carbons (Fsp3) is 0.368. The van der Waals surface area contributed by atoms with Gasteiger partial charge in [0.25, 0.3) is 0 Å². The number of rotatable bonds is 4. The molecule has 0 aliphatic carbocycles. The van der Waals surface area contributed by atoms with Crippen LogP contribution in [-0.4, -0.2) is 34.4 Å². The van der Waals surface area contributed by atoms with Crippen LogP contribution in [0.1, 0.15) is 26.5 Å². The summed E-state index contributed by atoms with van der Waals surface area (Å²) in [6, 6.07) is 6.34. The SMILES string of the molecule is CC(C)(C)C(Oc1ccc(C(F)(F)F)nc1)C(=O)O.COc1cc(O)ccc1Cl. The van der Waals surface area contributed by atoms with Crippen molar-refractivity contribution in [2.75, 3.05) is 7.11 Å². The van der Waals surface area contributed by atoms with Crippen molar-refractivity contribution in [3.05, 3.63) is 47.2 Å². The van der Waals surface area contributed by atoms with Gasteiger partial charge >= 0.3 is 12.1 Å². The molecule has 0 bridgehead atoms. The fourth-order valence-electron chi connectivity index (χ4n) is 2.00. The number of phenols is 1. The molecule has 10 heteroatoms. The molecule has 0 amide bonds. The first-order valence-corrected chi connectivity index (χ1v) is 8.58. The zero-order valence-corrected chi connectivity index (χ0v) is 16.9. The van der Waals surface area contributed by atoms with Crippen molar-refractivity contribution in [2.45, 2.75) is 33.1 Å². The van der Waals surface area contributed by atoms with Crippen LogP contribution in [0.25, 0.3) is 0 Å². The summed E-state index contributed by atoms with van der Waals surface area (Å²) in [5, 5.41) is 18.5. The number of ether oxygens (including phenoxy) is 2. The Balaban J connectivity index is 0.000000352. The summed E-state index contributed by atoms with van der Waals surface area (Å²) >= 11 is 5.66. The van der Waals surface area contributed by atoms with Gasteiger partial charge < -0.3 is 19.7 Å². The van der Waals surface area contributed by atoms with Crippen LogP contribution in [0.2, 0.25) is 5.02 Å². The molecule has 0 radical (unpaired) electrons. The Labute approximate surface area is 170 Å². The van der Waals surface area contributed by atoms with E-state index in [0.717, 1.165) is 18.3 Å². The minimum atomic E-state index is -4.53. The second-order valence-electron chi connectivity index (χ2n) is 6.90. The van der Waals surface area contributed by atoms with Gasteiger partial charge in [-0.05, 0) is 24.3 Å². The highest BCUT2D eigenvalue weighted by atomic mass is 35.5. The van der Waals surface area contributed by atoms with Crippen molar-refractivity contribution in [2.24, 2.45) is 5.41 Å². The topological polar surface area (TPSA) is 88.9 Å². The average molecular weight is 436 g/mol. The Morgan fingerprint density at radius 3 is 2.17 bits per heavy atom. The minimum absolute atomic E-state index is 0.0182. The zero-order chi connectivity index (χ0) is 22.4. The van der Waals surface area contributed by atoms with Crippen LogP contribution in [-0.2, 0) is 11.0 Å². The third-order valence-corrected chi connectivity index (χ3v) is 3.74. The number of nitrogens with zero attached hydrogens (tertiary/aromatic N) is 1. The molecule has 0 aliphatic rings. The third-order valence-electron chi connectivity index (χ3n) is 3.43. The summed E-state index contributed by atoms with van der Waals surface area (Å²) < 4.78 is 46.9. The summed E-state index contributed by atoms with van der Waals surface area (Å²) in [7, 11) is 1.50. The monoisotopic (exact) mass is 435 g/mol. The fourth-order valence-corrected chi connectivity index (χ4v) is 2.19. The van der Waals surface area contributed by atoms with E-state index in [2.05, 4.69) is 4.98 Å². The number of pyridine rings is 1. The van der Waals surface area contributed by atoms with Crippen LogP contribution in [0.4, 0.5) is 13.2 Å². The molecule has 0 saturated heterocycles. The molecule has 0 fully saturated rings. The van der Waals surface area contributed by atoms with Crippen LogP contribution in [0.3, 0.4) is 0 Å². The van der Waals surface area contributed by atoms with E-state index in [4.69, 9.17) is 31.3 Å². The van der Waals surface area contributed by atoms with Crippen LogP contribution in [0.15, 0.2) is 36.5 Å². The minimum Gasteiger partial charge on any atom is -0.508 e. The van der Waals surface area contributed by atoms with Gasteiger partial charge in [0.2, 0.25) is 0 Å². The number of aliphatic carboxylic acids is 1. The van der Waals surface area contributed by atoms with Crippen molar-refractivity contribution in [1.82, 2.24) is 4.98 Å². The lowest BCUT2D eigenvalue weighted by Crippen LogP contribution is -2.39. The predicted molar refractivity (Wildman–Crippen MR) is 100 cm³/mol. The predicted octanol–water partition coefficient (Wildman–Crippen LogP) is 5.03. The average Bonchev–Trinajstić information content (AvgIpc) is 2.60. The number of hydrogen-bond donors (Lipinski definition) is 2. The summed E-state index contributed by atoms with van der Waals surface area (Å²) in [5.74, 6) is -0.564. The molecule has 0 saturated carbocycles. The molecule has 0 aliphatic heterocycles. The van der Waals surface area contributed by atoms with Crippen LogP contribution >= 0.6 is 11.6 Å². The third kappa shape index (κ3) is 7.69. The van der Waals surface area contributed by atoms with Gasteiger partial charge in [-0.15, -0.1) is 0 Å². The second-order valence-corrected chi connectivity index (χ2v) is 7.31. The smallest absolute Gasteiger partial charge is 0.433 e. The number of carboxylic acids is 1. The molecule has 0 spiro atoms. The summed E-state index contributed by atoms with van der Waals surface area (Å²) in [6.45, 7) is 4.97. The lowest BCUT2D eigenvalue weighted by atomic mass is 9.89. The van der Waals surface area contributed by atoms with E-state index in [1.165, 1.54) is 19.2 Å². The highest BCUT2D eigenvalue weighted by molar-refractivity contribution is 6.32. The maximum atomic E-state index is 12.3. The van der Waals surface area contributed by atoms with Crippen molar-refractivity contribution >= 4 is 17.6 Å².